The van der Waals surface area contributed by atoms with Crippen LogP contribution in [0, 0.1) is 0 Å². The molecule has 0 amide bonds. The predicted octanol–water partition coefficient (Wildman–Crippen LogP) is 3.51. The van der Waals surface area contributed by atoms with Crippen LogP contribution in [0.2, 0.25) is 5.02 Å². The molecule has 2 aromatic heterocycles. The van der Waals surface area contributed by atoms with Gasteiger partial charge in [-0.25, -0.2) is 4.98 Å². The van der Waals surface area contributed by atoms with Crippen molar-refractivity contribution in [1.29, 1.82) is 0 Å². The van der Waals surface area contributed by atoms with Gasteiger partial charge in [-0.15, -0.1) is 11.3 Å². The fourth-order valence-corrected chi connectivity index (χ4v) is 2.69. The highest BCUT2D eigenvalue weighted by atomic mass is 35.5. The highest BCUT2D eigenvalue weighted by molar-refractivity contribution is 7.09. The largest absolute Gasteiger partial charge is 0.373 e. The van der Waals surface area contributed by atoms with Gasteiger partial charge in [0.2, 0.25) is 0 Å². The van der Waals surface area contributed by atoms with E-state index in [4.69, 9.17) is 11.6 Å². The zero-order valence-electron chi connectivity index (χ0n) is 11.2. The van der Waals surface area contributed by atoms with Gasteiger partial charge in [0.05, 0.1) is 10.7 Å². The van der Waals surface area contributed by atoms with Crippen molar-refractivity contribution in [3.8, 4) is 0 Å². The van der Waals surface area contributed by atoms with Gasteiger partial charge in [0, 0.05) is 25.0 Å². The number of nitrogens with one attached hydrogen (secondary N) is 1. The summed E-state index contributed by atoms with van der Waals surface area (Å²) in [4.78, 5) is 8.15. The second kappa shape index (κ2) is 6.89. The van der Waals surface area contributed by atoms with Crippen LogP contribution in [0.15, 0.2) is 29.6 Å². The molecule has 19 heavy (non-hydrogen) atoms. The monoisotopic (exact) mass is 295 g/mol. The SMILES string of the molecule is CNc1ccc(Cl)c(CN(C)CCc2cccs2)n1. The third kappa shape index (κ3) is 4.20. The smallest absolute Gasteiger partial charge is 0.126 e. The first-order valence-corrected chi connectivity index (χ1v) is 7.49. The van der Waals surface area contributed by atoms with Crippen molar-refractivity contribution in [3.05, 3.63) is 45.2 Å². The lowest BCUT2D eigenvalue weighted by Gasteiger charge is -2.17. The molecule has 0 spiro atoms. The predicted molar refractivity (Wildman–Crippen MR) is 83.2 cm³/mol. The average molecular weight is 296 g/mol. The van der Waals surface area contributed by atoms with E-state index in [0.29, 0.717) is 0 Å². The van der Waals surface area contributed by atoms with E-state index >= 15 is 0 Å². The molecule has 1 N–H and O–H groups in total. The topological polar surface area (TPSA) is 28.2 Å². The number of hydrogen-bond donors (Lipinski definition) is 1. The first-order chi connectivity index (χ1) is 9.19. The van der Waals surface area contributed by atoms with Crippen molar-refractivity contribution in [2.24, 2.45) is 0 Å². The van der Waals surface area contributed by atoms with E-state index in [1.165, 1.54) is 4.88 Å². The van der Waals surface area contributed by atoms with Crippen LogP contribution in [-0.2, 0) is 13.0 Å². The molecular formula is C14H18ClN3S. The van der Waals surface area contributed by atoms with Crippen molar-refractivity contribution in [2.75, 3.05) is 26.0 Å². The number of thiophene rings is 1. The summed E-state index contributed by atoms with van der Waals surface area (Å²) >= 11 is 7.98. The number of halogens is 1. The summed E-state index contributed by atoms with van der Waals surface area (Å²) in [6, 6.07) is 8.04. The van der Waals surface area contributed by atoms with Crippen molar-refractivity contribution in [1.82, 2.24) is 9.88 Å². The molecule has 0 aliphatic heterocycles. The number of pyridine rings is 1. The van der Waals surface area contributed by atoms with Crippen LogP contribution in [-0.4, -0.2) is 30.5 Å². The number of aromatic nitrogens is 1. The quantitative estimate of drug-likeness (QED) is 0.884. The van der Waals surface area contributed by atoms with Gasteiger partial charge in [0.25, 0.3) is 0 Å². The summed E-state index contributed by atoms with van der Waals surface area (Å²) in [6.07, 6.45) is 1.07. The lowest BCUT2D eigenvalue weighted by Crippen LogP contribution is -2.21. The maximum atomic E-state index is 6.18. The Morgan fingerprint density at radius 3 is 2.89 bits per heavy atom. The van der Waals surface area contributed by atoms with E-state index in [-0.39, 0.29) is 0 Å². The standard InChI is InChI=1S/C14H18ClN3S/c1-16-14-6-5-12(15)13(17-14)10-18(2)8-7-11-4-3-9-19-11/h3-6,9H,7-8,10H2,1-2H3,(H,16,17). The van der Waals surface area contributed by atoms with Gasteiger partial charge in [-0.05, 0) is 37.0 Å². The van der Waals surface area contributed by atoms with Gasteiger partial charge < -0.3 is 10.2 Å². The molecule has 0 saturated carbocycles. The summed E-state index contributed by atoms with van der Waals surface area (Å²) in [6.45, 7) is 1.77. The Bertz CT molecular complexity index is 513. The van der Waals surface area contributed by atoms with Crippen LogP contribution >= 0.6 is 22.9 Å². The number of anilines is 1. The lowest BCUT2D eigenvalue weighted by molar-refractivity contribution is 0.328. The summed E-state index contributed by atoms with van der Waals surface area (Å²) in [5.41, 5.74) is 0.919. The van der Waals surface area contributed by atoms with Gasteiger partial charge >= 0.3 is 0 Å². The molecule has 3 nitrogen and oxygen atoms in total. The molecule has 2 aromatic rings. The van der Waals surface area contributed by atoms with Crippen molar-refractivity contribution >= 4 is 28.8 Å². The fourth-order valence-electron chi connectivity index (χ4n) is 1.83. The van der Waals surface area contributed by atoms with Crippen LogP contribution in [0.1, 0.15) is 10.6 Å². The van der Waals surface area contributed by atoms with Crippen molar-refractivity contribution in [2.45, 2.75) is 13.0 Å². The number of nitrogens with zero attached hydrogens (tertiary/aromatic N) is 2. The van der Waals surface area contributed by atoms with Crippen molar-refractivity contribution < 1.29 is 0 Å². The van der Waals surface area contributed by atoms with Crippen LogP contribution in [0.25, 0.3) is 0 Å². The molecule has 0 bridgehead atoms. The molecule has 0 atom stereocenters. The molecule has 2 heterocycles. The zero-order chi connectivity index (χ0) is 13.7. The minimum Gasteiger partial charge on any atom is -0.373 e. The molecule has 0 saturated heterocycles. The molecule has 0 fully saturated rings. The Kier molecular flexibility index (Phi) is 5.19. The highest BCUT2D eigenvalue weighted by Gasteiger charge is 2.07. The van der Waals surface area contributed by atoms with E-state index in [9.17, 15) is 0 Å². The number of hydrogen-bond acceptors (Lipinski definition) is 4. The van der Waals surface area contributed by atoms with E-state index in [1.807, 2.05) is 19.2 Å². The van der Waals surface area contributed by atoms with Gasteiger partial charge in [-0.1, -0.05) is 17.7 Å². The first-order valence-electron chi connectivity index (χ1n) is 6.23. The average Bonchev–Trinajstić information content (AvgIpc) is 2.92. The lowest BCUT2D eigenvalue weighted by atomic mass is 10.3. The second-order valence-corrected chi connectivity index (χ2v) is 5.88. The molecule has 0 aliphatic carbocycles. The molecule has 5 heteroatoms. The minimum absolute atomic E-state index is 0.724. The normalized spacial score (nSPS) is 10.9. The van der Waals surface area contributed by atoms with Crippen LogP contribution < -0.4 is 5.32 Å². The van der Waals surface area contributed by atoms with Gasteiger partial charge in [-0.2, -0.15) is 0 Å². The summed E-state index contributed by atoms with van der Waals surface area (Å²) in [5, 5.41) is 5.87. The van der Waals surface area contributed by atoms with E-state index < -0.39 is 0 Å². The van der Waals surface area contributed by atoms with Crippen LogP contribution in [0.3, 0.4) is 0 Å². The minimum atomic E-state index is 0.724. The highest BCUT2D eigenvalue weighted by Crippen LogP contribution is 2.18. The Labute approximate surface area is 123 Å². The van der Waals surface area contributed by atoms with Crippen molar-refractivity contribution in [3.63, 3.8) is 0 Å². The fraction of sp³-hybridized carbons (Fsp3) is 0.357. The molecule has 102 valence electrons. The molecule has 0 aliphatic rings. The third-order valence-electron chi connectivity index (χ3n) is 2.91. The van der Waals surface area contributed by atoms with E-state index in [0.717, 1.165) is 36.0 Å². The molecule has 0 unspecified atom stereocenters. The van der Waals surface area contributed by atoms with Crippen LogP contribution in [0.4, 0.5) is 5.82 Å². The molecule has 0 aromatic carbocycles. The third-order valence-corrected chi connectivity index (χ3v) is 4.19. The zero-order valence-corrected chi connectivity index (χ0v) is 12.8. The number of likely N-dealkylation sites (N-methyl/N-ethyl adjacent to an activating group) is 1. The maximum absolute atomic E-state index is 6.18. The Hall–Kier alpha value is -1.10. The molecular weight excluding hydrogens is 278 g/mol. The van der Waals surface area contributed by atoms with Gasteiger partial charge in [0.15, 0.2) is 0 Å². The number of rotatable bonds is 6. The molecule has 2 rings (SSSR count). The van der Waals surface area contributed by atoms with Gasteiger partial charge in [-0.3, -0.25) is 0 Å². The van der Waals surface area contributed by atoms with E-state index in [2.05, 4.69) is 39.8 Å². The summed E-state index contributed by atoms with van der Waals surface area (Å²) in [7, 11) is 3.96. The first kappa shape index (κ1) is 14.3. The van der Waals surface area contributed by atoms with Crippen LogP contribution in [0.5, 0.6) is 0 Å². The maximum Gasteiger partial charge on any atom is 0.126 e. The second-order valence-electron chi connectivity index (χ2n) is 4.44. The van der Waals surface area contributed by atoms with Gasteiger partial charge in [0.1, 0.15) is 5.82 Å². The molecule has 0 radical (unpaired) electrons. The summed E-state index contributed by atoms with van der Waals surface area (Å²) in [5.74, 6) is 0.853. The summed E-state index contributed by atoms with van der Waals surface area (Å²) < 4.78 is 0. The Morgan fingerprint density at radius 1 is 1.37 bits per heavy atom. The Balaban J connectivity index is 1.92. The Morgan fingerprint density at radius 2 is 2.21 bits per heavy atom. The van der Waals surface area contributed by atoms with E-state index in [1.54, 1.807) is 11.3 Å².